The van der Waals surface area contributed by atoms with Gasteiger partial charge in [-0.15, -0.1) is 0 Å². The standard InChI is InChI=1S/C31H42N4O3/c1-31(2,3)38-30(37)35(19-11-21-36)20-18-32-22-28-16-10-17-29(33-28)25-34(23-26-12-6-4-7-13-26)24-27-14-8-5-9-15-27/h4-10,12-17,32,36H,11,18-25H2,1-3H3. The summed E-state index contributed by atoms with van der Waals surface area (Å²) < 4.78 is 5.51. The van der Waals surface area contributed by atoms with Crippen molar-refractivity contribution in [2.45, 2.75) is 59.0 Å². The molecule has 1 aromatic heterocycles. The Bertz CT molecular complexity index is 1050. The number of nitrogens with one attached hydrogen (secondary N) is 1. The molecule has 0 saturated heterocycles. The predicted molar refractivity (Wildman–Crippen MR) is 151 cm³/mol. The van der Waals surface area contributed by atoms with Crippen LogP contribution in [0.3, 0.4) is 0 Å². The van der Waals surface area contributed by atoms with Crippen molar-refractivity contribution in [2.24, 2.45) is 0 Å². The van der Waals surface area contributed by atoms with Crippen LogP contribution in [-0.2, 0) is 30.9 Å². The number of ether oxygens (including phenoxy) is 1. The van der Waals surface area contributed by atoms with Gasteiger partial charge in [0.25, 0.3) is 0 Å². The lowest BCUT2D eigenvalue weighted by molar-refractivity contribution is 0.0242. The van der Waals surface area contributed by atoms with E-state index in [1.165, 1.54) is 11.1 Å². The van der Waals surface area contributed by atoms with Gasteiger partial charge in [-0.05, 0) is 50.5 Å². The minimum Gasteiger partial charge on any atom is -0.444 e. The lowest BCUT2D eigenvalue weighted by Gasteiger charge is -2.27. The van der Waals surface area contributed by atoms with Gasteiger partial charge >= 0.3 is 6.09 Å². The molecule has 0 unspecified atom stereocenters. The molecule has 3 aromatic rings. The third-order valence-electron chi connectivity index (χ3n) is 5.85. The maximum atomic E-state index is 12.5. The molecule has 1 amide bonds. The molecule has 1 heterocycles. The normalized spacial score (nSPS) is 11.5. The Labute approximate surface area is 227 Å². The minimum atomic E-state index is -0.554. The van der Waals surface area contributed by atoms with Crippen LogP contribution < -0.4 is 5.32 Å². The zero-order chi connectivity index (χ0) is 27.2. The van der Waals surface area contributed by atoms with E-state index in [1.54, 1.807) is 4.90 Å². The van der Waals surface area contributed by atoms with Gasteiger partial charge in [-0.1, -0.05) is 66.7 Å². The van der Waals surface area contributed by atoms with Gasteiger partial charge in [-0.25, -0.2) is 4.79 Å². The van der Waals surface area contributed by atoms with Gasteiger partial charge in [0.15, 0.2) is 0 Å². The molecule has 3 rings (SSSR count). The van der Waals surface area contributed by atoms with E-state index in [-0.39, 0.29) is 12.7 Å². The van der Waals surface area contributed by atoms with E-state index in [4.69, 9.17) is 9.72 Å². The fraction of sp³-hybridized carbons (Fsp3) is 0.419. The fourth-order valence-electron chi connectivity index (χ4n) is 4.11. The molecule has 0 radical (unpaired) electrons. The minimum absolute atomic E-state index is 0.0367. The number of carbonyl (C=O) groups is 1. The first-order chi connectivity index (χ1) is 18.3. The Balaban J connectivity index is 1.57. The topological polar surface area (TPSA) is 77.9 Å². The summed E-state index contributed by atoms with van der Waals surface area (Å²) in [6.07, 6.45) is 0.162. The summed E-state index contributed by atoms with van der Waals surface area (Å²) in [5.41, 5.74) is 3.98. The van der Waals surface area contributed by atoms with Crippen LogP contribution in [0.5, 0.6) is 0 Å². The first-order valence-electron chi connectivity index (χ1n) is 13.4. The average Bonchev–Trinajstić information content (AvgIpc) is 2.88. The second kappa shape index (κ2) is 15.2. The molecule has 0 atom stereocenters. The molecule has 7 heteroatoms. The number of hydrogen-bond donors (Lipinski definition) is 2. The Morgan fingerprint density at radius 1 is 0.842 bits per heavy atom. The maximum absolute atomic E-state index is 12.5. The quantitative estimate of drug-likeness (QED) is 0.293. The SMILES string of the molecule is CC(C)(C)OC(=O)N(CCCO)CCNCc1cccc(CN(Cc2ccccc2)Cc2ccccc2)n1. The highest BCUT2D eigenvalue weighted by Gasteiger charge is 2.21. The second-order valence-corrected chi connectivity index (χ2v) is 10.5. The van der Waals surface area contributed by atoms with Crippen LogP contribution in [0.15, 0.2) is 78.9 Å². The van der Waals surface area contributed by atoms with Crippen LogP contribution in [-0.4, -0.2) is 57.8 Å². The summed E-state index contributed by atoms with van der Waals surface area (Å²) in [6, 6.07) is 27.2. The Morgan fingerprint density at radius 3 is 2.03 bits per heavy atom. The van der Waals surface area contributed by atoms with Crippen molar-refractivity contribution in [3.8, 4) is 0 Å². The molecule has 0 saturated carbocycles. The van der Waals surface area contributed by atoms with Crippen molar-refractivity contribution in [3.05, 3.63) is 101 Å². The second-order valence-electron chi connectivity index (χ2n) is 10.5. The number of rotatable bonds is 14. The number of nitrogens with zero attached hydrogens (tertiary/aromatic N) is 3. The molecule has 2 aromatic carbocycles. The predicted octanol–water partition coefficient (Wildman–Crippen LogP) is 4.99. The van der Waals surface area contributed by atoms with E-state index in [2.05, 4.69) is 70.9 Å². The zero-order valence-corrected chi connectivity index (χ0v) is 23.0. The number of hydrogen-bond acceptors (Lipinski definition) is 6. The molecule has 0 aliphatic heterocycles. The third-order valence-corrected chi connectivity index (χ3v) is 5.85. The highest BCUT2D eigenvalue weighted by molar-refractivity contribution is 5.68. The van der Waals surface area contributed by atoms with E-state index in [0.29, 0.717) is 32.6 Å². The molecule has 7 nitrogen and oxygen atoms in total. The molecule has 38 heavy (non-hydrogen) atoms. The molecule has 204 valence electrons. The van der Waals surface area contributed by atoms with Crippen molar-refractivity contribution in [1.29, 1.82) is 0 Å². The van der Waals surface area contributed by atoms with Crippen LogP contribution >= 0.6 is 0 Å². The van der Waals surface area contributed by atoms with Gasteiger partial charge < -0.3 is 20.1 Å². The number of aliphatic hydroxyl groups excluding tert-OH is 1. The van der Waals surface area contributed by atoms with Crippen LogP contribution in [0, 0.1) is 0 Å². The Kier molecular flexibility index (Phi) is 11.7. The zero-order valence-electron chi connectivity index (χ0n) is 23.0. The van der Waals surface area contributed by atoms with Crippen molar-refractivity contribution >= 4 is 6.09 Å². The molecular weight excluding hydrogens is 476 g/mol. The van der Waals surface area contributed by atoms with Crippen LogP contribution in [0.25, 0.3) is 0 Å². The van der Waals surface area contributed by atoms with Crippen molar-refractivity contribution in [2.75, 3.05) is 26.2 Å². The number of benzene rings is 2. The van der Waals surface area contributed by atoms with Gasteiger partial charge in [0, 0.05) is 52.4 Å². The van der Waals surface area contributed by atoms with Crippen molar-refractivity contribution < 1.29 is 14.6 Å². The van der Waals surface area contributed by atoms with E-state index >= 15 is 0 Å². The molecule has 2 N–H and O–H groups in total. The highest BCUT2D eigenvalue weighted by atomic mass is 16.6. The van der Waals surface area contributed by atoms with Gasteiger partial charge in [-0.2, -0.15) is 0 Å². The van der Waals surface area contributed by atoms with Crippen LogP contribution in [0.2, 0.25) is 0 Å². The largest absolute Gasteiger partial charge is 0.444 e. The summed E-state index contributed by atoms with van der Waals surface area (Å²) in [5, 5.41) is 12.6. The van der Waals surface area contributed by atoms with Crippen LogP contribution in [0.1, 0.15) is 49.7 Å². The van der Waals surface area contributed by atoms with Gasteiger partial charge in [-0.3, -0.25) is 9.88 Å². The highest BCUT2D eigenvalue weighted by Crippen LogP contribution is 2.14. The number of aromatic nitrogens is 1. The monoisotopic (exact) mass is 518 g/mol. The van der Waals surface area contributed by atoms with E-state index < -0.39 is 5.60 Å². The fourth-order valence-corrected chi connectivity index (χ4v) is 4.11. The summed E-state index contributed by atoms with van der Waals surface area (Å²) in [7, 11) is 0. The lowest BCUT2D eigenvalue weighted by Crippen LogP contribution is -2.41. The van der Waals surface area contributed by atoms with Crippen LogP contribution in [0.4, 0.5) is 4.79 Å². The Hall–Kier alpha value is -3.26. The van der Waals surface area contributed by atoms with E-state index in [9.17, 15) is 9.90 Å². The van der Waals surface area contributed by atoms with Gasteiger partial charge in [0.2, 0.25) is 0 Å². The van der Waals surface area contributed by atoms with Gasteiger partial charge in [0.05, 0.1) is 11.4 Å². The van der Waals surface area contributed by atoms with E-state index in [1.807, 2.05) is 39.0 Å². The molecule has 0 aliphatic carbocycles. The molecule has 0 fully saturated rings. The molecular formula is C31H42N4O3. The maximum Gasteiger partial charge on any atom is 0.410 e. The summed E-state index contributed by atoms with van der Waals surface area (Å²) in [6.45, 7) is 10.2. The number of amides is 1. The van der Waals surface area contributed by atoms with Gasteiger partial charge in [0.1, 0.15) is 5.60 Å². The molecule has 0 bridgehead atoms. The third kappa shape index (κ3) is 11.0. The van der Waals surface area contributed by atoms with Crippen molar-refractivity contribution in [1.82, 2.24) is 20.1 Å². The number of carbonyl (C=O) groups excluding carboxylic acids is 1. The van der Waals surface area contributed by atoms with E-state index in [0.717, 1.165) is 31.0 Å². The Morgan fingerprint density at radius 2 is 1.45 bits per heavy atom. The summed E-state index contributed by atoms with van der Waals surface area (Å²) in [4.78, 5) is 21.5. The first kappa shape index (κ1) is 29.3. The molecule has 0 spiro atoms. The smallest absolute Gasteiger partial charge is 0.410 e. The van der Waals surface area contributed by atoms with Crippen molar-refractivity contribution in [3.63, 3.8) is 0 Å². The number of pyridine rings is 1. The number of aliphatic hydroxyl groups is 1. The summed E-state index contributed by atoms with van der Waals surface area (Å²) >= 11 is 0. The first-order valence-corrected chi connectivity index (χ1v) is 13.4. The molecule has 0 aliphatic rings. The average molecular weight is 519 g/mol. The lowest BCUT2D eigenvalue weighted by atomic mass is 10.1. The summed E-state index contributed by atoms with van der Waals surface area (Å²) in [5.74, 6) is 0.